The van der Waals surface area contributed by atoms with Crippen molar-refractivity contribution < 1.29 is 24.1 Å². The Morgan fingerprint density at radius 1 is 1.28 bits per heavy atom. The van der Waals surface area contributed by atoms with Crippen molar-refractivity contribution in [2.45, 2.75) is 89.6 Å². The number of esters is 1. The fraction of sp³-hybridized carbons (Fsp3) is 0.850. The van der Waals surface area contributed by atoms with Gasteiger partial charge in [-0.1, -0.05) is 31.8 Å². The summed E-state index contributed by atoms with van der Waals surface area (Å²) in [5.41, 5.74) is 0. The normalized spacial score (nSPS) is 21.3. The number of aliphatic hydroxyl groups excluding tert-OH is 1. The van der Waals surface area contributed by atoms with Crippen LogP contribution < -0.4 is 0 Å². The zero-order chi connectivity index (χ0) is 18.5. The van der Waals surface area contributed by atoms with E-state index in [1.165, 1.54) is 20.0 Å². The van der Waals surface area contributed by atoms with Crippen LogP contribution in [0.4, 0.5) is 0 Å². The van der Waals surface area contributed by atoms with Crippen LogP contribution in [-0.4, -0.2) is 43.3 Å². The van der Waals surface area contributed by atoms with Crippen molar-refractivity contribution in [1.29, 1.82) is 0 Å². The first-order valence-electron chi connectivity index (χ1n) is 9.74. The molecule has 3 unspecified atom stereocenters. The van der Waals surface area contributed by atoms with Gasteiger partial charge in [0.05, 0.1) is 25.2 Å². The van der Waals surface area contributed by atoms with E-state index in [2.05, 4.69) is 6.58 Å². The monoisotopic (exact) mass is 356 g/mol. The largest absolute Gasteiger partial charge is 0.469 e. The number of hydrogen-bond donors (Lipinski definition) is 1. The molecule has 1 N–H and O–H groups in total. The second-order valence-electron chi connectivity index (χ2n) is 6.89. The van der Waals surface area contributed by atoms with Crippen LogP contribution in [0, 0.1) is 5.92 Å². The highest BCUT2D eigenvalue weighted by Crippen LogP contribution is 2.23. The molecule has 146 valence electrons. The summed E-state index contributed by atoms with van der Waals surface area (Å²) in [6.45, 7) is 6.22. The number of unbranched alkanes of at least 4 members (excludes halogenated alkanes) is 5. The first-order valence-corrected chi connectivity index (χ1v) is 9.74. The van der Waals surface area contributed by atoms with Crippen LogP contribution >= 0.6 is 0 Å². The number of ether oxygens (including phenoxy) is 3. The highest BCUT2D eigenvalue weighted by molar-refractivity contribution is 5.73. The zero-order valence-corrected chi connectivity index (χ0v) is 16.0. The van der Waals surface area contributed by atoms with Gasteiger partial charge in [0.15, 0.2) is 6.29 Å². The van der Waals surface area contributed by atoms with Gasteiger partial charge in [-0.15, -0.1) is 6.58 Å². The van der Waals surface area contributed by atoms with Crippen molar-refractivity contribution in [3.05, 3.63) is 12.7 Å². The predicted molar refractivity (Wildman–Crippen MR) is 98.2 cm³/mol. The van der Waals surface area contributed by atoms with Crippen LogP contribution in [-0.2, 0) is 19.0 Å². The maximum absolute atomic E-state index is 12.1. The van der Waals surface area contributed by atoms with E-state index in [1.807, 2.05) is 6.08 Å². The Kier molecular flexibility index (Phi) is 11.8. The van der Waals surface area contributed by atoms with Gasteiger partial charge in [0.25, 0.3) is 0 Å². The average Bonchev–Trinajstić information content (AvgIpc) is 2.63. The first kappa shape index (κ1) is 22.1. The van der Waals surface area contributed by atoms with Crippen molar-refractivity contribution in [2.24, 2.45) is 5.92 Å². The first-order chi connectivity index (χ1) is 12.1. The Morgan fingerprint density at radius 2 is 2.00 bits per heavy atom. The van der Waals surface area contributed by atoms with Gasteiger partial charge in [-0.2, -0.15) is 0 Å². The molecule has 1 heterocycles. The molecule has 0 aromatic heterocycles. The Morgan fingerprint density at radius 3 is 2.64 bits per heavy atom. The van der Waals surface area contributed by atoms with E-state index in [4.69, 9.17) is 14.2 Å². The third-order valence-corrected chi connectivity index (χ3v) is 4.82. The summed E-state index contributed by atoms with van der Waals surface area (Å²) in [7, 11) is 1.37. The molecule has 0 saturated carbocycles. The Labute approximate surface area is 152 Å². The molecule has 1 fully saturated rings. The second kappa shape index (κ2) is 13.3. The van der Waals surface area contributed by atoms with Gasteiger partial charge in [0.2, 0.25) is 0 Å². The molecule has 1 aliphatic rings. The Bertz CT molecular complexity index is 365. The molecule has 25 heavy (non-hydrogen) atoms. The molecule has 0 amide bonds. The number of carbonyl (C=O) groups excluding carboxylic acids is 1. The Balaban J connectivity index is 2.38. The quantitative estimate of drug-likeness (QED) is 0.307. The van der Waals surface area contributed by atoms with Gasteiger partial charge in [0, 0.05) is 6.61 Å². The summed E-state index contributed by atoms with van der Waals surface area (Å²) >= 11 is 0. The molecular formula is C20H36O5. The third-order valence-electron chi connectivity index (χ3n) is 4.82. The number of allylic oxidation sites excluding steroid dienone is 1. The third kappa shape index (κ3) is 8.84. The zero-order valence-electron chi connectivity index (χ0n) is 16.0. The Hall–Kier alpha value is -0.910. The maximum Gasteiger partial charge on any atom is 0.311 e. The molecule has 1 rings (SSSR count). The predicted octanol–water partition coefficient (Wildman–Crippen LogP) is 3.98. The van der Waals surface area contributed by atoms with E-state index in [9.17, 15) is 9.90 Å². The van der Waals surface area contributed by atoms with Gasteiger partial charge in [-0.25, -0.2) is 0 Å². The average molecular weight is 357 g/mol. The van der Waals surface area contributed by atoms with Gasteiger partial charge in [-0.05, 0) is 45.4 Å². The highest BCUT2D eigenvalue weighted by atomic mass is 16.7. The number of carbonyl (C=O) groups is 1. The van der Waals surface area contributed by atoms with Crippen molar-refractivity contribution in [2.75, 3.05) is 13.7 Å². The van der Waals surface area contributed by atoms with E-state index >= 15 is 0 Å². The van der Waals surface area contributed by atoms with Crippen molar-refractivity contribution >= 4 is 5.97 Å². The van der Waals surface area contributed by atoms with Gasteiger partial charge in [-0.3, -0.25) is 4.79 Å². The summed E-state index contributed by atoms with van der Waals surface area (Å²) in [5.74, 6) is -0.907. The fourth-order valence-corrected chi connectivity index (χ4v) is 3.23. The molecule has 0 aliphatic carbocycles. The molecule has 1 saturated heterocycles. The van der Waals surface area contributed by atoms with E-state index in [1.54, 1.807) is 6.92 Å². The van der Waals surface area contributed by atoms with Gasteiger partial charge >= 0.3 is 5.97 Å². The molecule has 0 radical (unpaired) electrons. The molecule has 0 bridgehead atoms. The van der Waals surface area contributed by atoms with Gasteiger partial charge in [0.1, 0.15) is 0 Å². The van der Waals surface area contributed by atoms with E-state index in [0.717, 1.165) is 44.9 Å². The molecular weight excluding hydrogens is 320 g/mol. The lowest BCUT2D eigenvalue weighted by atomic mass is 9.92. The van der Waals surface area contributed by atoms with Gasteiger partial charge < -0.3 is 19.3 Å². The minimum Gasteiger partial charge on any atom is -0.469 e. The van der Waals surface area contributed by atoms with E-state index in [0.29, 0.717) is 13.0 Å². The highest BCUT2D eigenvalue weighted by Gasteiger charge is 2.33. The standard InChI is InChI=1S/C20H36O5/c1-4-5-6-7-8-9-10-13-17(20(22)23-3)19(21)16(2)25-18-14-11-12-15-24-18/h4,16-19,21H,1,5-15H2,2-3H3/t16-,17?,18?,19?/m0/s1. The minimum atomic E-state index is -0.876. The molecule has 1 aliphatic heterocycles. The number of aliphatic hydroxyl groups is 1. The SMILES string of the molecule is C=CCCCCCCCC(C(=O)OC)C(O)[C@H](C)OC1CCCCO1. The second-order valence-corrected chi connectivity index (χ2v) is 6.89. The van der Waals surface area contributed by atoms with Crippen molar-refractivity contribution in [3.8, 4) is 0 Å². The van der Waals surface area contributed by atoms with Crippen LogP contribution in [0.25, 0.3) is 0 Å². The number of rotatable bonds is 13. The molecule has 0 aromatic rings. The lowest BCUT2D eigenvalue weighted by molar-refractivity contribution is -0.209. The number of hydrogen-bond acceptors (Lipinski definition) is 5. The lowest BCUT2D eigenvalue weighted by Gasteiger charge is -2.31. The lowest BCUT2D eigenvalue weighted by Crippen LogP contribution is -2.41. The van der Waals surface area contributed by atoms with E-state index < -0.39 is 18.1 Å². The number of methoxy groups -OCH3 is 1. The minimum absolute atomic E-state index is 0.276. The molecule has 0 aromatic carbocycles. The summed E-state index contributed by atoms with van der Waals surface area (Å²) < 4.78 is 16.3. The molecule has 5 heteroatoms. The van der Waals surface area contributed by atoms with E-state index in [-0.39, 0.29) is 12.3 Å². The fourth-order valence-electron chi connectivity index (χ4n) is 3.23. The van der Waals surface area contributed by atoms with Crippen molar-refractivity contribution in [3.63, 3.8) is 0 Å². The summed E-state index contributed by atoms with van der Waals surface area (Å²) in [6, 6.07) is 0. The summed E-state index contributed by atoms with van der Waals surface area (Å²) in [6.07, 6.45) is 10.4. The summed E-state index contributed by atoms with van der Waals surface area (Å²) in [4.78, 5) is 12.1. The smallest absolute Gasteiger partial charge is 0.311 e. The summed E-state index contributed by atoms with van der Waals surface area (Å²) in [5, 5.41) is 10.6. The molecule has 4 atom stereocenters. The van der Waals surface area contributed by atoms with Crippen LogP contribution in [0.1, 0.15) is 71.1 Å². The maximum atomic E-state index is 12.1. The topological polar surface area (TPSA) is 65.0 Å². The molecule has 0 spiro atoms. The molecule has 5 nitrogen and oxygen atoms in total. The van der Waals surface area contributed by atoms with Crippen LogP contribution in [0.15, 0.2) is 12.7 Å². The van der Waals surface area contributed by atoms with Crippen LogP contribution in [0.3, 0.4) is 0 Å². The van der Waals surface area contributed by atoms with Crippen LogP contribution in [0.2, 0.25) is 0 Å². The van der Waals surface area contributed by atoms with Crippen molar-refractivity contribution in [1.82, 2.24) is 0 Å². The van der Waals surface area contributed by atoms with Crippen LogP contribution in [0.5, 0.6) is 0 Å².